The number of hydrogen-bond acceptors (Lipinski definition) is 2. The molecule has 1 heterocycles. The number of fused-ring (bicyclic) bond motifs is 1. The second-order valence-corrected chi connectivity index (χ2v) is 7.26. The summed E-state index contributed by atoms with van der Waals surface area (Å²) in [5, 5.41) is 3.74. The molecule has 3 rings (SSSR count). The standard InChI is InChI=1S/C16H23NS/c1-16(8-4-5-9-16)12-17-10-13-11-18-15-7-3-2-6-14(13)15/h2-3,6-7,13,17H,4-5,8-12H2,1H3. The SMILES string of the molecule is CC1(CNCC2CSc3ccccc32)CCCC1. The Morgan fingerprint density at radius 3 is 2.89 bits per heavy atom. The summed E-state index contributed by atoms with van der Waals surface area (Å²) in [7, 11) is 0. The zero-order valence-electron chi connectivity index (χ0n) is 11.2. The number of benzene rings is 1. The molecule has 1 fully saturated rings. The molecule has 1 aromatic carbocycles. The number of hydrogen-bond donors (Lipinski definition) is 1. The summed E-state index contributed by atoms with van der Waals surface area (Å²) in [5.41, 5.74) is 2.14. The van der Waals surface area contributed by atoms with E-state index in [1.807, 2.05) is 11.8 Å². The first-order valence-electron chi connectivity index (χ1n) is 7.19. The van der Waals surface area contributed by atoms with Gasteiger partial charge in [0, 0.05) is 29.7 Å². The zero-order valence-corrected chi connectivity index (χ0v) is 12.1. The van der Waals surface area contributed by atoms with Crippen LogP contribution in [0.1, 0.15) is 44.1 Å². The third-order valence-electron chi connectivity index (χ3n) is 4.55. The van der Waals surface area contributed by atoms with Crippen molar-refractivity contribution in [1.82, 2.24) is 5.32 Å². The summed E-state index contributed by atoms with van der Waals surface area (Å²) < 4.78 is 0. The zero-order chi connectivity index (χ0) is 12.4. The lowest BCUT2D eigenvalue weighted by Crippen LogP contribution is -2.32. The van der Waals surface area contributed by atoms with Crippen molar-refractivity contribution < 1.29 is 0 Å². The highest BCUT2D eigenvalue weighted by Crippen LogP contribution is 2.40. The fraction of sp³-hybridized carbons (Fsp3) is 0.625. The molecule has 0 aromatic heterocycles. The van der Waals surface area contributed by atoms with Crippen LogP contribution in [0.5, 0.6) is 0 Å². The second-order valence-electron chi connectivity index (χ2n) is 6.19. The Bertz CT molecular complexity index is 409. The maximum absolute atomic E-state index is 3.74. The van der Waals surface area contributed by atoms with E-state index in [0.717, 1.165) is 12.5 Å². The monoisotopic (exact) mass is 261 g/mol. The molecule has 1 atom stereocenters. The van der Waals surface area contributed by atoms with Gasteiger partial charge < -0.3 is 5.32 Å². The molecule has 1 N–H and O–H groups in total. The normalized spacial score (nSPS) is 25.3. The molecule has 18 heavy (non-hydrogen) atoms. The van der Waals surface area contributed by atoms with Crippen LogP contribution in [0.15, 0.2) is 29.2 Å². The average molecular weight is 261 g/mol. The Morgan fingerprint density at radius 2 is 2.06 bits per heavy atom. The lowest BCUT2D eigenvalue weighted by atomic mass is 9.88. The molecule has 1 unspecified atom stereocenters. The Kier molecular flexibility index (Phi) is 3.67. The summed E-state index contributed by atoms with van der Waals surface area (Å²) in [6, 6.07) is 8.90. The predicted molar refractivity (Wildman–Crippen MR) is 79.4 cm³/mol. The minimum absolute atomic E-state index is 0.575. The lowest BCUT2D eigenvalue weighted by Gasteiger charge is -2.25. The first-order chi connectivity index (χ1) is 8.77. The summed E-state index contributed by atoms with van der Waals surface area (Å²) in [6.07, 6.45) is 5.69. The van der Waals surface area contributed by atoms with Gasteiger partial charge >= 0.3 is 0 Å². The van der Waals surface area contributed by atoms with E-state index in [1.165, 1.54) is 42.9 Å². The summed E-state index contributed by atoms with van der Waals surface area (Å²) in [6.45, 7) is 4.81. The first-order valence-corrected chi connectivity index (χ1v) is 8.18. The highest BCUT2D eigenvalue weighted by molar-refractivity contribution is 7.99. The minimum Gasteiger partial charge on any atom is -0.316 e. The van der Waals surface area contributed by atoms with Crippen molar-refractivity contribution in [3.05, 3.63) is 29.8 Å². The van der Waals surface area contributed by atoms with E-state index in [1.54, 1.807) is 5.56 Å². The van der Waals surface area contributed by atoms with Crippen molar-refractivity contribution in [3.8, 4) is 0 Å². The van der Waals surface area contributed by atoms with E-state index < -0.39 is 0 Å². The second kappa shape index (κ2) is 5.26. The van der Waals surface area contributed by atoms with E-state index in [2.05, 4.69) is 36.5 Å². The Balaban J connectivity index is 1.53. The number of thioether (sulfide) groups is 1. The van der Waals surface area contributed by atoms with Crippen LogP contribution in [0.2, 0.25) is 0 Å². The average Bonchev–Trinajstić information content (AvgIpc) is 2.97. The van der Waals surface area contributed by atoms with Crippen LogP contribution < -0.4 is 5.32 Å². The molecule has 1 nitrogen and oxygen atoms in total. The highest BCUT2D eigenvalue weighted by atomic mass is 32.2. The van der Waals surface area contributed by atoms with Crippen LogP contribution in [0.4, 0.5) is 0 Å². The van der Waals surface area contributed by atoms with E-state index in [-0.39, 0.29) is 0 Å². The molecule has 0 saturated heterocycles. The third-order valence-corrected chi connectivity index (χ3v) is 5.80. The van der Waals surface area contributed by atoms with E-state index in [4.69, 9.17) is 0 Å². The van der Waals surface area contributed by atoms with Gasteiger partial charge in [0.2, 0.25) is 0 Å². The van der Waals surface area contributed by atoms with Crippen molar-refractivity contribution in [3.63, 3.8) is 0 Å². The molecule has 2 aliphatic rings. The molecule has 1 aromatic rings. The molecule has 1 saturated carbocycles. The molecular weight excluding hydrogens is 238 g/mol. The van der Waals surface area contributed by atoms with Crippen molar-refractivity contribution in [1.29, 1.82) is 0 Å². The topological polar surface area (TPSA) is 12.0 Å². The summed E-state index contributed by atoms with van der Waals surface area (Å²) >= 11 is 2.02. The van der Waals surface area contributed by atoms with Gasteiger partial charge in [0.1, 0.15) is 0 Å². The molecule has 0 spiro atoms. The van der Waals surface area contributed by atoms with E-state index in [0.29, 0.717) is 5.41 Å². The van der Waals surface area contributed by atoms with Gasteiger partial charge in [-0.2, -0.15) is 0 Å². The third kappa shape index (κ3) is 2.60. The molecule has 2 heteroatoms. The smallest absolute Gasteiger partial charge is 0.0108 e. The number of rotatable bonds is 4. The van der Waals surface area contributed by atoms with Crippen molar-refractivity contribution in [2.24, 2.45) is 5.41 Å². The van der Waals surface area contributed by atoms with Gasteiger partial charge in [0.05, 0.1) is 0 Å². The summed E-state index contributed by atoms with van der Waals surface area (Å²) in [4.78, 5) is 1.50. The fourth-order valence-corrected chi connectivity index (χ4v) is 4.61. The van der Waals surface area contributed by atoms with Crippen LogP contribution in [0.3, 0.4) is 0 Å². The lowest BCUT2D eigenvalue weighted by molar-refractivity contribution is 0.313. The fourth-order valence-electron chi connectivity index (χ4n) is 3.35. The van der Waals surface area contributed by atoms with E-state index in [9.17, 15) is 0 Å². The quantitative estimate of drug-likeness (QED) is 0.877. The molecule has 0 bridgehead atoms. The Morgan fingerprint density at radius 1 is 1.28 bits per heavy atom. The number of nitrogens with one attached hydrogen (secondary N) is 1. The van der Waals surface area contributed by atoms with Crippen molar-refractivity contribution in [2.75, 3.05) is 18.8 Å². The molecular formula is C16H23NS. The minimum atomic E-state index is 0.575. The van der Waals surface area contributed by atoms with Gasteiger partial charge in [0.15, 0.2) is 0 Å². The maximum atomic E-state index is 3.74. The maximum Gasteiger partial charge on any atom is 0.0108 e. The van der Waals surface area contributed by atoms with Gasteiger partial charge in [-0.05, 0) is 29.9 Å². The van der Waals surface area contributed by atoms with Crippen LogP contribution in [0, 0.1) is 5.41 Å². The molecule has 98 valence electrons. The molecule has 1 aliphatic heterocycles. The Hall–Kier alpha value is -0.470. The van der Waals surface area contributed by atoms with Gasteiger partial charge in [-0.1, -0.05) is 38.0 Å². The van der Waals surface area contributed by atoms with Crippen molar-refractivity contribution in [2.45, 2.75) is 43.4 Å². The van der Waals surface area contributed by atoms with Gasteiger partial charge in [0.25, 0.3) is 0 Å². The van der Waals surface area contributed by atoms with Gasteiger partial charge in [-0.25, -0.2) is 0 Å². The van der Waals surface area contributed by atoms with Gasteiger partial charge in [-0.3, -0.25) is 0 Å². The van der Waals surface area contributed by atoms with Crippen molar-refractivity contribution >= 4 is 11.8 Å². The van der Waals surface area contributed by atoms with Crippen LogP contribution in [-0.2, 0) is 0 Å². The Labute approximate surface area is 115 Å². The highest BCUT2D eigenvalue weighted by Gasteiger charge is 2.29. The molecule has 1 aliphatic carbocycles. The molecule has 0 radical (unpaired) electrons. The van der Waals surface area contributed by atoms with Crippen LogP contribution >= 0.6 is 11.8 Å². The molecule has 0 amide bonds. The predicted octanol–water partition coefficient (Wildman–Crippen LogP) is 4.05. The van der Waals surface area contributed by atoms with Crippen LogP contribution in [-0.4, -0.2) is 18.8 Å². The largest absolute Gasteiger partial charge is 0.316 e. The van der Waals surface area contributed by atoms with E-state index >= 15 is 0 Å². The first kappa shape index (κ1) is 12.6. The van der Waals surface area contributed by atoms with Gasteiger partial charge in [-0.15, -0.1) is 11.8 Å². The summed E-state index contributed by atoms with van der Waals surface area (Å²) in [5.74, 6) is 1.97. The van der Waals surface area contributed by atoms with Crippen LogP contribution in [0.25, 0.3) is 0 Å².